The molecule has 2 atom stereocenters. The van der Waals surface area contributed by atoms with E-state index in [1.54, 1.807) is 20.8 Å². The Morgan fingerprint density at radius 3 is 2.35 bits per heavy atom. The van der Waals surface area contributed by atoms with Gasteiger partial charge in [-0.15, -0.1) is 0 Å². The Morgan fingerprint density at radius 1 is 1.17 bits per heavy atom. The molecular formula is C16H25F2NO4. The summed E-state index contributed by atoms with van der Waals surface area (Å²) in [6.45, 7) is 4.58. The van der Waals surface area contributed by atoms with E-state index in [2.05, 4.69) is 0 Å². The average Bonchev–Trinajstić information content (AvgIpc) is 2.71. The number of likely N-dealkylation sites (tertiary alicyclic amines) is 1. The van der Waals surface area contributed by atoms with Crippen LogP contribution in [-0.4, -0.2) is 46.7 Å². The molecule has 1 spiro atoms. The van der Waals surface area contributed by atoms with E-state index >= 15 is 0 Å². The molecule has 1 aliphatic heterocycles. The first-order chi connectivity index (χ1) is 10.5. The number of aliphatic carboxylic acids is 1. The molecule has 1 N–H and O–H groups in total. The Hall–Kier alpha value is -1.40. The van der Waals surface area contributed by atoms with Crippen molar-refractivity contribution in [3.8, 4) is 0 Å². The molecule has 7 heteroatoms. The van der Waals surface area contributed by atoms with Gasteiger partial charge in [0.2, 0.25) is 0 Å². The lowest BCUT2D eigenvalue weighted by atomic mass is 9.69. The van der Waals surface area contributed by atoms with Crippen molar-refractivity contribution in [2.45, 2.75) is 64.4 Å². The van der Waals surface area contributed by atoms with Crippen molar-refractivity contribution in [1.82, 2.24) is 4.90 Å². The summed E-state index contributed by atoms with van der Waals surface area (Å²) in [7, 11) is 0. The van der Waals surface area contributed by atoms with Gasteiger partial charge in [0.1, 0.15) is 5.60 Å². The molecule has 1 amide bonds. The zero-order valence-electron chi connectivity index (χ0n) is 13.9. The Balaban J connectivity index is 2.31. The molecule has 5 nitrogen and oxygen atoms in total. The van der Waals surface area contributed by atoms with E-state index in [0.29, 0.717) is 19.3 Å². The van der Waals surface area contributed by atoms with Crippen molar-refractivity contribution in [3.63, 3.8) is 0 Å². The van der Waals surface area contributed by atoms with Crippen LogP contribution >= 0.6 is 0 Å². The minimum atomic E-state index is -3.09. The fraction of sp³-hybridized carbons (Fsp3) is 0.875. The van der Waals surface area contributed by atoms with E-state index in [-0.39, 0.29) is 25.9 Å². The Labute approximate surface area is 135 Å². The van der Waals surface area contributed by atoms with E-state index in [9.17, 15) is 23.5 Å². The molecular weight excluding hydrogens is 308 g/mol. The second-order valence-corrected chi connectivity index (χ2v) is 7.67. The molecule has 0 bridgehead atoms. The lowest BCUT2D eigenvalue weighted by Gasteiger charge is -2.38. The molecule has 0 aromatic heterocycles. The maximum atomic E-state index is 14.8. The highest BCUT2D eigenvalue weighted by Gasteiger charge is 2.64. The summed E-state index contributed by atoms with van der Waals surface area (Å²) in [6.07, 6.45) is 0.682. The monoisotopic (exact) mass is 333 g/mol. The first kappa shape index (κ1) is 17.9. The quantitative estimate of drug-likeness (QED) is 0.797. The first-order valence-corrected chi connectivity index (χ1v) is 8.07. The molecule has 2 fully saturated rings. The van der Waals surface area contributed by atoms with Crippen LogP contribution in [0.5, 0.6) is 0 Å². The van der Waals surface area contributed by atoms with Crippen LogP contribution in [0, 0.1) is 11.3 Å². The summed E-state index contributed by atoms with van der Waals surface area (Å²) in [5.41, 5.74) is -2.44. The number of carboxylic acid groups (broad SMARTS) is 1. The minimum absolute atomic E-state index is 0.121. The molecule has 0 aromatic carbocycles. The van der Waals surface area contributed by atoms with E-state index in [4.69, 9.17) is 4.74 Å². The fourth-order valence-electron chi connectivity index (χ4n) is 3.71. The molecule has 2 rings (SSSR count). The van der Waals surface area contributed by atoms with Crippen molar-refractivity contribution in [2.24, 2.45) is 11.3 Å². The molecule has 0 radical (unpaired) electrons. The molecule has 2 unspecified atom stereocenters. The van der Waals surface area contributed by atoms with Crippen molar-refractivity contribution in [1.29, 1.82) is 0 Å². The predicted octanol–water partition coefficient (Wildman–Crippen LogP) is 3.52. The summed E-state index contributed by atoms with van der Waals surface area (Å²) >= 11 is 0. The number of nitrogens with zero attached hydrogens (tertiary/aromatic N) is 1. The van der Waals surface area contributed by atoms with Crippen LogP contribution in [-0.2, 0) is 9.53 Å². The predicted molar refractivity (Wildman–Crippen MR) is 79.4 cm³/mol. The van der Waals surface area contributed by atoms with E-state index in [1.807, 2.05) is 0 Å². The number of alkyl halides is 2. The molecule has 2 aliphatic rings. The third-order valence-corrected chi connectivity index (χ3v) is 4.83. The second-order valence-electron chi connectivity index (χ2n) is 7.67. The summed E-state index contributed by atoms with van der Waals surface area (Å²) in [6, 6.07) is 0. The van der Waals surface area contributed by atoms with Gasteiger partial charge in [0.25, 0.3) is 5.92 Å². The summed E-state index contributed by atoms with van der Waals surface area (Å²) in [5.74, 6) is -5.62. The first-order valence-electron chi connectivity index (χ1n) is 8.07. The van der Waals surface area contributed by atoms with E-state index in [1.165, 1.54) is 0 Å². The number of carboxylic acids is 1. The molecule has 0 aromatic rings. The molecule has 1 saturated heterocycles. The Morgan fingerprint density at radius 2 is 1.78 bits per heavy atom. The van der Waals surface area contributed by atoms with Crippen molar-refractivity contribution < 1.29 is 28.2 Å². The minimum Gasteiger partial charge on any atom is -0.481 e. The summed E-state index contributed by atoms with van der Waals surface area (Å²) < 4.78 is 34.8. The molecule has 23 heavy (non-hydrogen) atoms. The molecule has 1 saturated carbocycles. The van der Waals surface area contributed by atoms with Gasteiger partial charge in [0.05, 0.1) is 11.3 Å². The van der Waals surface area contributed by atoms with Crippen molar-refractivity contribution in [2.75, 3.05) is 13.1 Å². The number of hydrogen-bond acceptors (Lipinski definition) is 3. The fourth-order valence-corrected chi connectivity index (χ4v) is 3.71. The van der Waals surface area contributed by atoms with Crippen molar-refractivity contribution >= 4 is 12.1 Å². The maximum absolute atomic E-state index is 14.8. The maximum Gasteiger partial charge on any atom is 0.410 e. The highest BCUT2D eigenvalue weighted by Crippen LogP contribution is 2.55. The zero-order valence-corrected chi connectivity index (χ0v) is 13.9. The number of amides is 1. The van der Waals surface area contributed by atoms with Crippen molar-refractivity contribution in [3.05, 3.63) is 0 Å². The number of halogens is 2. The topological polar surface area (TPSA) is 66.8 Å². The van der Waals surface area contributed by atoms with Crippen LogP contribution in [0.3, 0.4) is 0 Å². The van der Waals surface area contributed by atoms with Gasteiger partial charge < -0.3 is 14.7 Å². The number of carbonyl (C=O) groups is 2. The lowest BCUT2D eigenvalue weighted by molar-refractivity contribution is -0.168. The number of rotatable bonds is 1. The van der Waals surface area contributed by atoms with Crippen LogP contribution in [0.2, 0.25) is 0 Å². The van der Waals surface area contributed by atoms with Gasteiger partial charge in [-0.25, -0.2) is 13.6 Å². The Bertz CT molecular complexity index is 489. The van der Waals surface area contributed by atoms with Crippen LogP contribution in [0.25, 0.3) is 0 Å². The van der Waals surface area contributed by atoms with Crippen LogP contribution in [0.1, 0.15) is 52.9 Å². The van der Waals surface area contributed by atoms with Crippen LogP contribution < -0.4 is 0 Å². The van der Waals surface area contributed by atoms with Gasteiger partial charge in [-0.2, -0.15) is 0 Å². The smallest absolute Gasteiger partial charge is 0.410 e. The largest absolute Gasteiger partial charge is 0.481 e. The summed E-state index contributed by atoms with van der Waals surface area (Å²) in [5, 5.41) is 9.47. The number of carbonyl (C=O) groups excluding carboxylic acids is 1. The van der Waals surface area contributed by atoms with E-state index in [0.717, 1.165) is 4.90 Å². The van der Waals surface area contributed by atoms with Gasteiger partial charge in [-0.3, -0.25) is 4.79 Å². The van der Waals surface area contributed by atoms with Gasteiger partial charge >= 0.3 is 12.1 Å². The average molecular weight is 333 g/mol. The lowest BCUT2D eigenvalue weighted by Crippen LogP contribution is -2.49. The highest BCUT2D eigenvalue weighted by atomic mass is 19.3. The molecule has 1 aliphatic carbocycles. The zero-order chi connectivity index (χ0) is 17.5. The highest BCUT2D eigenvalue weighted by molar-refractivity contribution is 5.76. The number of ether oxygens (including phenoxy) is 1. The van der Waals surface area contributed by atoms with E-state index < -0.39 is 34.9 Å². The SMILES string of the molecule is CC(C)(C)OC(=O)N1CC(C(=O)O)C2(CCCCCC2(F)F)C1. The third kappa shape index (κ3) is 3.43. The normalized spacial score (nSPS) is 31.0. The number of hydrogen-bond donors (Lipinski definition) is 1. The van der Waals surface area contributed by atoms with Gasteiger partial charge in [0.15, 0.2) is 0 Å². The van der Waals surface area contributed by atoms with Gasteiger partial charge in [0, 0.05) is 19.5 Å². The van der Waals surface area contributed by atoms with Gasteiger partial charge in [-0.1, -0.05) is 12.8 Å². The van der Waals surface area contributed by atoms with Gasteiger partial charge in [-0.05, 0) is 33.6 Å². The standard InChI is InChI=1S/C16H25F2NO4/c1-14(2,3)23-13(22)19-9-11(12(20)21)15(10-19)7-5-4-6-8-16(15,17)18/h11H,4-10H2,1-3H3,(H,20,21). The second kappa shape index (κ2) is 5.91. The van der Waals surface area contributed by atoms with Crippen LogP contribution in [0.4, 0.5) is 13.6 Å². The molecule has 1 heterocycles. The summed E-state index contributed by atoms with van der Waals surface area (Å²) in [4.78, 5) is 25.0. The van der Waals surface area contributed by atoms with Crippen LogP contribution in [0.15, 0.2) is 0 Å². The third-order valence-electron chi connectivity index (χ3n) is 4.83. The molecule has 132 valence electrons. The Kier molecular flexibility index (Phi) is 4.61.